The molecule has 0 saturated heterocycles. The minimum Gasteiger partial charge on any atom is -0.184 e. The molecule has 6 rings (SSSR count). The maximum absolute atomic E-state index is 4.93. The summed E-state index contributed by atoms with van der Waals surface area (Å²) < 4.78 is 0. The molecule has 2 radical (unpaired) electrons. The molecule has 0 unspecified atom stereocenters. The molecule has 1 aliphatic heterocycles. The van der Waals surface area contributed by atoms with Gasteiger partial charge in [0.25, 0.3) is 0 Å². The zero-order valence-electron chi connectivity index (χ0n) is 29.4. The summed E-state index contributed by atoms with van der Waals surface area (Å²) in [7, 11) is 10.7. The van der Waals surface area contributed by atoms with Crippen LogP contribution in [0.4, 0.5) is 0 Å². The van der Waals surface area contributed by atoms with Gasteiger partial charge in [0, 0.05) is 0 Å². The summed E-state index contributed by atoms with van der Waals surface area (Å²) in [6, 6.07) is 35.0. The molecule has 0 fully saturated rings. The van der Waals surface area contributed by atoms with Crippen LogP contribution in [-0.2, 0) is 37.1 Å². The molecule has 0 nitrogen and oxygen atoms in total. The maximum Gasteiger partial charge on any atom is 0.0920 e. The first-order valence-corrected chi connectivity index (χ1v) is 23.5. The predicted octanol–water partition coefficient (Wildman–Crippen LogP) is 11.7. The van der Waals surface area contributed by atoms with Gasteiger partial charge >= 0.3 is 37.9 Å². The Bertz CT molecular complexity index is 1720. The molecule has 0 bridgehead atoms. The van der Waals surface area contributed by atoms with E-state index in [-0.39, 0.29) is 16.2 Å². The second-order valence-electron chi connectivity index (χ2n) is 15.7. The summed E-state index contributed by atoms with van der Waals surface area (Å²) in [4.78, 5) is 0. The topological polar surface area (TPSA) is 0 Å². The fraction of sp³-hybridized carbons (Fsp3) is 0.357. The van der Waals surface area contributed by atoms with Crippen molar-refractivity contribution in [1.82, 2.24) is 0 Å². The van der Waals surface area contributed by atoms with Crippen LogP contribution in [-0.4, -0.2) is 9.52 Å². The Balaban J connectivity index is 0.000000245. The van der Waals surface area contributed by atoms with Crippen LogP contribution in [0.25, 0.3) is 33.0 Å². The van der Waals surface area contributed by atoms with Crippen LogP contribution in [0.3, 0.4) is 0 Å². The monoisotopic (exact) mass is 740 g/mol. The molecule has 1 aliphatic rings. The Morgan fingerprint density at radius 3 is 1.87 bits per heavy atom. The van der Waals surface area contributed by atoms with E-state index in [9.17, 15) is 0 Å². The van der Waals surface area contributed by atoms with Gasteiger partial charge < -0.3 is 0 Å². The molecule has 5 aromatic carbocycles. The fourth-order valence-electron chi connectivity index (χ4n) is 5.94. The van der Waals surface area contributed by atoms with Crippen molar-refractivity contribution in [2.75, 3.05) is 0 Å². The van der Waals surface area contributed by atoms with Crippen molar-refractivity contribution in [2.45, 2.75) is 98.3 Å². The van der Waals surface area contributed by atoms with Gasteiger partial charge in [0.1, 0.15) is 0 Å². The summed E-state index contributed by atoms with van der Waals surface area (Å²) >= 11 is -0.826. The van der Waals surface area contributed by atoms with E-state index in [4.69, 9.17) is 17.0 Å². The summed E-state index contributed by atoms with van der Waals surface area (Å²) in [5.74, 6) is 0.536. The molecular weight excluding hydrogens is 695 g/mol. The van der Waals surface area contributed by atoms with Crippen molar-refractivity contribution >= 4 is 47.7 Å². The third kappa shape index (κ3) is 8.60. The first-order chi connectivity index (χ1) is 21.5. The third-order valence-corrected chi connectivity index (χ3v) is 10.0. The van der Waals surface area contributed by atoms with E-state index in [1.165, 1.54) is 65.7 Å². The van der Waals surface area contributed by atoms with Gasteiger partial charge in [-0.3, -0.25) is 0 Å². The van der Waals surface area contributed by atoms with Gasteiger partial charge in [0.15, 0.2) is 0 Å². The smallest absolute Gasteiger partial charge is 0.0920 e. The minimum absolute atomic E-state index is 0.0818. The SMILES string of the molecule is CC(C)c1cc2c(-c3cc(C(C)(C)C)cc(C(C)(C)C)c3)c(C(C)(C)C)ccc2[cH-]1.[Cl][Zr+2][Cl].[c-]1cccc2c1[Si]c1ccccc1-2. The number of hydrogen-bond acceptors (Lipinski definition) is 0. The average Bonchev–Trinajstić information content (AvgIpc) is 3.58. The Hall–Kier alpha value is -1.83. The molecule has 0 N–H and O–H groups in total. The van der Waals surface area contributed by atoms with Gasteiger partial charge in [-0.2, -0.15) is 35.5 Å². The van der Waals surface area contributed by atoms with E-state index in [2.05, 4.69) is 161 Å². The molecule has 0 aliphatic carbocycles. The van der Waals surface area contributed by atoms with Crippen molar-refractivity contribution in [1.29, 1.82) is 0 Å². The van der Waals surface area contributed by atoms with Crippen molar-refractivity contribution in [3.05, 3.63) is 113 Å². The van der Waals surface area contributed by atoms with Crippen molar-refractivity contribution < 1.29 is 20.8 Å². The van der Waals surface area contributed by atoms with Gasteiger partial charge in [0.05, 0.1) is 9.52 Å². The van der Waals surface area contributed by atoms with Crippen molar-refractivity contribution in [2.24, 2.45) is 0 Å². The largest absolute Gasteiger partial charge is 0.184 e. The molecule has 0 amide bonds. The van der Waals surface area contributed by atoms with Gasteiger partial charge in [-0.25, -0.2) is 0 Å². The van der Waals surface area contributed by atoms with Crippen molar-refractivity contribution in [3.63, 3.8) is 0 Å². The molecule has 46 heavy (non-hydrogen) atoms. The fourth-order valence-corrected chi connectivity index (χ4v) is 7.25. The molecule has 238 valence electrons. The number of rotatable bonds is 2. The zero-order chi connectivity index (χ0) is 34.0. The molecule has 0 aromatic heterocycles. The van der Waals surface area contributed by atoms with E-state index < -0.39 is 20.8 Å². The predicted molar refractivity (Wildman–Crippen MR) is 203 cm³/mol. The average molecular weight is 743 g/mol. The Kier molecular flexibility index (Phi) is 11.9. The Morgan fingerprint density at radius 1 is 0.717 bits per heavy atom. The van der Waals surface area contributed by atoms with Gasteiger partial charge in [-0.15, -0.1) is 40.1 Å². The van der Waals surface area contributed by atoms with Gasteiger partial charge in [-0.1, -0.05) is 141 Å². The summed E-state index contributed by atoms with van der Waals surface area (Å²) in [6.07, 6.45) is 0. The van der Waals surface area contributed by atoms with Gasteiger partial charge in [0.2, 0.25) is 0 Å². The molecule has 5 aromatic rings. The molecule has 0 atom stereocenters. The van der Waals surface area contributed by atoms with Gasteiger partial charge in [-0.05, 0) is 38.9 Å². The minimum atomic E-state index is -0.826. The summed E-state index contributed by atoms with van der Waals surface area (Å²) in [6.45, 7) is 25.5. The number of hydrogen-bond donors (Lipinski definition) is 0. The standard InChI is InChI=1S/C30H41.C12H7Si.2ClH.Zr/c1-19(2)21-14-20-12-13-26(30(9,10)11)27(25(20)17-21)22-15-23(28(3,4)5)18-24(16-22)29(6,7)8;1-3-7-11-9(5-1)10-6-2-4-8-12(10)13-11;;;/h12-19H,1-11H3;1-7H;2*1H;/q2*-1;;;+4/p-2. The molecule has 1 heterocycles. The summed E-state index contributed by atoms with van der Waals surface area (Å²) in [5.41, 5.74) is 11.5. The molecular formula is C42H48Cl2SiZr. The first kappa shape index (κ1) is 37.0. The summed E-state index contributed by atoms with van der Waals surface area (Å²) in [5, 5.41) is 5.58. The number of fused-ring (bicyclic) bond motifs is 4. The Morgan fingerprint density at radius 2 is 1.30 bits per heavy atom. The van der Waals surface area contributed by atoms with E-state index in [0.717, 1.165) is 9.52 Å². The van der Waals surface area contributed by atoms with Crippen LogP contribution in [0.5, 0.6) is 0 Å². The second-order valence-corrected chi connectivity index (χ2v) is 20.7. The maximum atomic E-state index is 4.93. The first-order valence-electron chi connectivity index (χ1n) is 16.2. The quantitative estimate of drug-likeness (QED) is 0.122. The van der Waals surface area contributed by atoms with E-state index in [1.54, 1.807) is 0 Å². The third-order valence-electron chi connectivity index (χ3n) is 8.67. The van der Waals surface area contributed by atoms with E-state index in [1.807, 2.05) is 6.07 Å². The normalized spacial score (nSPS) is 12.5. The van der Waals surface area contributed by atoms with E-state index in [0.29, 0.717) is 5.92 Å². The molecule has 0 spiro atoms. The number of benzene rings is 4. The van der Waals surface area contributed by atoms with Crippen LogP contribution in [0.15, 0.2) is 84.9 Å². The van der Waals surface area contributed by atoms with Crippen LogP contribution in [0, 0.1) is 6.07 Å². The Labute approximate surface area is 300 Å². The second kappa shape index (κ2) is 14.7. The van der Waals surface area contributed by atoms with Crippen LogP contribution in [0.1, 0.15) is 104 Å². The zero-order valence-corrected chi connectivity index (χ0v) is 34.4. The number of halogens is 2. The van der Waals surface area contributed by atoms with Crippen LogP contribution < -0.4 is 10.4 Å². The van der Waals surface area contributed by atoms with E-state index >= 15 is 0 Å². The molecule has 4 heteroatoms. The van der Waals surface area contributed by atoms with Crippen molar-refractivity contribution in [3.8, 4) is 22.3 Å². The molecule has 0 saturated carbocycles. The van der Waals surface area contributed by atoms with Crippen LogP contribution in [0.2, 0.25) is 0 Å². The van der Waals surface area contributed by atoms with Crippen LogP contribution >= 0.6 is 17.0 Å².